The number of likely N-dealkylation sites (N-methyl/N-ethyl adjacent to an activating group) is 1. The van der Waals surface area contributed by atoms with E-state index in [9.17, 15) is 15.0 Å². The standard InChI is InChI=1S/C18H16N2O3S/c1-2-20-17(23)16(10-12-5-3-7-14(21)9-12)24-18(20)19-13-6-4-8-15(22)11-13/h3-11,21-22H,2H2,1H3/b16-10-,19-18?. The molecule has 1 amide bonds. The normalized spacial score (nSPS) is 17.9. The van der Waals surface area contributed by atoms with Crippen LogP contribution < -0.4 is 0 Å². The Morgan fingerprint density at radius 1 is 1.12 bits per heavy atom. The molecule has 2 N–H and O–H groups in total. The average molecular weight is 340 g/mol. The molecule has 1 aliphatic heterocycles. The fourth-order valence-corrected chi connectivity index (χ4v) is 3.37. The van der Waals surface area contributed by atoms with Crippen molar-refractivity contribution in [1.29, 1.82) is 0 Å². The molecule has 0 radical (unpaired) electrons. The Kier molecular flexibility index (Phi) is 4.57. The second-order valence-corrected chi connectivity index (χ2v) is 6.18. The summed E-state index contributed by atoms with van der Waals surface area (Å²) in [5.41, 5.74) is 1.34. The molecule has 2 aromatic rings. The van der Waals surface area contributed by atoms with Gasteiger partial charge in [-0.05, 0) is 54.6 Å². The first-order chi connectivity index (χ1) is 11.6. The zero-order valence-electron chi connectivity index (χ0n) is 13.0. The molecule has 0 bridgehead atoms. The molecule has 0 spiro atoms. The molecule has 5 nitrogen and oxygen atoms in total. The lowest BCUT2D eigenvalue weighted by Crippen LogP contribution is -2.28. The third kappa shape index (κ3) is 3.44. The van der Waals surface area contributed by atoms with E-state index in [1.54, 1.807) is 53.4 Å². The molecule has 0 saturated carbocycles. The number of hydrogen-bond acceptors (Lipinski definition) is 5. The van der Waals surface area contributed by atoms with E-state index in [1.165, 1.54) is 11.8 Å². The number of rotatable bonds is 3. The van der Waals surface area contributed by atoms with Gasteiger partial charge in [-0.15, -0.1) is 0 Å². The summed E-state index contributed by atoms with van der Waals surface area (Å²) in [4.78, 5) is 19.1. The van der Waals surface area contributed by atoms with E-state index in [2.05, 4.69) is 4.99 Å². The molecule has 1 heterocycles. The second kappa shape index (κ2) is 6.80. The lowest BCUT2D eigenvalue weighted by Gasteiger charge is -2.11. The summed E-state index contributed by atoms with van der Waals surface area (Å²) in [6, 6.07) is 13.3. The van der Waals surface area contributed by atoms with Crippen molar-refractivity contribution in [3.05, 3.63) is 59.0 Å². The van der Waals surface area contributed by atoms with Crippen LogP contribution in [0, 0.1) is 0 Å². The van der Waals surface area contributed by atoms with Crippen molar-refractivity contribution in [2.45, 2.75) is 6.92 Å². The smallest absolute Gasteiger partial charge is 0.266 e. The van der Waals surface area contributed by atoms with E-state index in [0.29, 0.717) is 22.3 Å². The van der Waals surface area contributed by atoms with Crippen LogP contribution in [0.2, 0.25) is 0 Å². The fourth-order valence-electron chi connectivity index (χ4n) is 2.31. The van der Waals surface area contributed by atoms with Gasteiger partial charge in [0.05, 0.1) is 10.6 Å². The number of nitrogens with zero attached hydrogens (tertiary/aromatic N) is 2. The third-order valence-corrected chi connectivity index (χ3v) is 4.43. The molecular weight excluding hydrogens is 324 g/mol. The minimum Gasteiger partial charge on any atom is -0.508 e. The Labute approximate surface area is 144 Å². The molecule has 122 valence electrons. The molecule has 0 atom stereocenters. The summed E-state index contributed by atoms with van der Waals surface area (Å²) < 4.78 is 0. The Hall–Kier alpha value is -2.73. The molecule has 1 saturated heterocycles. The van der Waals surface area contributed by atoms with Gasteiger partial charge in [-0.1, -0.05) is 18.2 Å². The summed E-state index contributed by atoms with van der Waals surface area (Å²) in [6.45, 7) is 2.38. The lowest BCUT2D eigenvalue weighted by atomic mass is 10.2. The highest BCUT2D eigenvalue weighted by Gasteiger charge is 2.32. The first-order valence-electron chi connectivity index (χ1n) is 7.45. The molecule has 3 rings (SSSR count). The van der Waals surface area contributed by atoms with Gasteiger partial charge in [0.25, 0.3) is 5.91 Å². The highest BCUT2D eigenvalue weighted by molar-refractivity contribution is 8.18. The Morgan fingerprint density at radius 3 is 2.50 bits per heavy atom. The second-order valence-electron chi connectivity index (χ2n) is 5.17. The van der Waals surface area contributed by atoms with E-state index < -0.39 is 0 Å². The van der Waals surface area contributed by atoms with Gasteiger partial charge >= 0.3 is 0 Å². The highest BCUT2D eigenvalue weighted by atomic mass is 32.2. The van der Waals surface area contributed by atoms with Crippen molar-refractivity contribution in [2.75, 3.05) is 6.54 Å². The molecule has 0 aromatic heterocycles. The summed E-state index contributed by atoms with van der Waals surface area (Å²) in [7, 11) is 0. The van der Waals surface area contributed by atoms with Gasteiger partial charge in [0.2, 0.25) is 0 Å². The topological polar surface area (TPSA) is 73.1 Å². The van der Waals surface area contributed by atoms with Crippen LogP contribution in [0.4, 0.5) is 5.69 Å². The monoisotopic (exact) mass is 340 g/mol. The first kappa shape index (κ1) is 16.1. The van der Waals surface area contributed by atoms with Gasteiger partial charge in [0, 0.05) is 12.6 Å². The van der Waals surface area contributed by atoms with Crippen molar-refractivity contribution >= 4 is 34.6 Å². The summed E-state index contributed by atoms with van der Waals surface area (Å²) >= 11 is 1.28. The van der Waals surface area contributed by atoms with Crippen LogP contribution in [0.1, 0.15) is 12.5 Å². The Bertz CT molecular complexity index is 846. The lowest BCUT2D eigenvalue weighted by molar-refractivity contribution is -0.122. The van der Waals surface area contributed by atoms with E-state index >= 15 is 0 Å². The maximum atomic E-state index is 12.5. The van der Waals surface area contributed by atoms with E-state index in [-0.39, 0.29) is 17.4 Å². The number of aromatic hydroxyl groups is 2. The maximum absolute atomic E-state index is 12.5. The summed E-state index contributed by atoms with van der Waals surface area (Å²) in [5, 5.41) is 19.7. The minimum atomic E-state index is -0.121. The van der Waals surface area contributed by atoms with Crippen molar-refractivity contribution in [3.63, 3.8) is 0 Å². The van der Waals surface area contributed by atoms with Crippen LogP contribution in [0.25, 0.3) is 6.08 Å². The molecule has 24 heavy (non-hydrogen) atoms. The van der Waals surface area contributed by atoms with Gasteiger partial charge in [-0.3, -0.25) is 9.69 Å². The average Bonchev–Trinajstić information content (AvgIpc) is 2.82. The van der Waals surface area contributed by atoms with Crippen LogP contribution in [0.3, 0.4) is 0 Å². The van der Waals surface area contributed by atoms with E-state index in [1.807, 2.05) is 13.0 Å². The predicted molar refractivity (Wildman–Crippen MR) is 96.3 cm³/mol. The molecule has 0 aliphatic carbocycles. The zero-order chi connectivity index (χ0) is 17.1. The number of benzene rings is 2. The first-order valence-corrected chi connectivity index (χ1v) is 8.26. The van der Waals surface area contributed by atoms with Crippen molar-refractivity contribution in [1.82, 2.24) is 4.90 Å². The van der Waals surface area contributed by atoms with Gasteiger partial charge in [0.15, 0.2) is 5.17 Å². The number of amidine groups is 1. The largest absolute Gasteiger partial charge is 0.508 e. The van der Waals surface area contributed by atoms with Crippen LogP contribution in [-0.4, -0.2) is 32.7 Å². The Morgan fingerprint density at radius 2 is 1.83 bits per heavy atom. The molecule has 0 unspecified atom stereocenters. The van der Waals surface area contributed by atoms with E-state index in [0.717, 1.165) is 5.56 Å². The summed E-state index contributed by atoms with van der Waals surface area (Å²) in [6.07, 6.45) is 1.74. The number of phenolic OH excluding ortho intramolecular Hbond substituents is 2. The Balaban J connectivity index is 1.94. The van der Waals surface area contributed by atoms with Crippen LogP contribution in [-0.2, 0) is 4.79 Å². The predicted octanol–water partition coefficient (Wildman–Crippen LogP) is 3.72. The number of carbonyl (C=O) groups excluding carboxylic acids is 1. The fraction of sp³-hybridized carbons (Fsp3) is 0.111. The number of aliphatic imine (C=N–C) groups is 1. The molecule has 1 aliphatic rings. The van der Waals surface area contributed by atoms with Gasteiger partial charge in [-0.2, -0.15) is 0 Å². The maximum Gasteiger partial charge on any atom is 0.266 e. The quantitative estimate of drug-likeness (QED) is 0.835. The highest BCUT2D eigenvalue weighted by Crippen LogP contribution is 2.34. The van der Waals surface area contributed by atoms with Crippen molar-refractivity contribution < 1.29 is 15.0 Å². The van der Waals surface area contributed by atoms with Crippen LogP contribution in [0.15, 0.2) is 58.4 Å². The SMILES string of the molecule is CCN1C(=O)/C(=C/c2cccc(O)c2)SC1=Nc1cccc(O)c1. The number of hydrogen-bond donors (Lipinski definition) is 2. The number of phenols is 2. The van der Waals surface area contributed by atoms with Crippen molar-refractivity contribution in [3.8, 4) is 11.5 Å². The van der Waals surface area contributed by atoms with Gasteiger partial charge in [-0.25, -0.2) is 4.99 Å². The van der Waals surface area contributed by atoms with Crippen LogP contribution in [0.5, 0.6) is 11.5 Å². The van der Waals surface area contributed by atoms with E-state index in [4.69, 9.17) is 0 Å². The molecular formula is C18H16N2O3S. The van der Waals surface area contributed by atoms with Gasteiger partial charge < -0.3 is 10.2 Å². The van der Waals surface area contributed by atoms with Crippen LogP contribution >= 0.6 is 11.8 Å². The number of thioether (sulfide) groups is 1. The minimum absolute atomic E-state index is 0.121. The molecule has 2 aromatic carbocycles. The molecule has 1 fully saturated rings. The number of carbonyl (C=O) groups is 1. The molecule has 6 heteroatoms. The third-order valence-electron chi connectivity index (χ3n) is 3.43. The van der Waals surface area contributed by atoms with Crippen molar-refractivity contribution in [2.24, 2.45) is 4.99 Å². The number of amides is 1. The summed E-state index contributed by atoms with van der Waals surface area (Å²) in [5.74, 6) is 0.162. The zero-order valence-corrected chi connectivity index (χ0v) is 13.8. The van der Waals surface area contributed by atoms with Gasteiger partial charge in [0.1, 0.15) is 11.5 Å².